The molecule has 21 heavy (non-hydrogen) atoms. The van der Waals surface area contributed by atoms with Gasteiger partial charge in [-0.1, -0.05) is 38.1 Å². The minimum absolute atomic E-state index is 0.530. The van der Waals surface area contributed by atoms with E-state index < -0.39 is 11.4 Å². The van der Waals surface area contributed by atoms with Crippen molar-refractivity contribution < 1.29 is 9.90 Å². The summed E-state index contributed by atoms with van der Waals surface area (Å²) in [4.78, 5) is 13.6. The number of nitrogens with zero attached hydrogens (tertiary/aromatic N) is 1. The number of carboxylic acid groups (broad SMARTS) is 1. The summed E-state index contributed by atoms with van der Waals surface area (Å²) in [5.74, 6) is 0.0341. The van der Waals surface area contributed by atoms with Gasteiger partial charge in [-0.25, -0.2) is 0 Å². The third kappa shape index (κ3) is 4.31. The van der Waals surface area contributed by atoms with Crippen molar-refractivity contribution in [3.63, 3.8) is 0 Å². The molecule has 1 fully saturated rings. The van der Waals surface area contributed by atoms with Crippen LogP contribution in [0.5, 0.6) is 0 Å². The highest BCUT2D eigenvalue weighted by molar-refractivity contribution is 5.74. The van der Waals surface area contributed by atoms with Gasteiger partial charge in [0.05, 0.1) is 5.41 Å². The first-order valence-corrected chi connectivity index (χ1v) is 7.92. The normalized spacial score (nSPS) is 18.9. The zero-order valence-electron chi connectivity index (χ0n) is 13.4. The van der Waals surface area contributed by atoms with E-state index in [9.17, 15) is 9.90 Å². The topological polar surface area (TPSA) is 40.5 Å². The molecule has 2 rings (SSSR count). The zero-order valence-corrected chi connectivity index (χ0v) is 13.4. The van der Waals surface area contributed by atoms with Gasteiger partial charge in [-0.3, -0.25) is 9.69 Å². The second kappa shape index (κ2) is 6.61. The molecule has 116 valence electrons. The molecule has 0 radical (unpaired) electrons. The van der Waals surface area contributed by atoms with Gasteiger partial charge in [0.15, 0.2) is 0 Å². The number of carbonyl (C=O) groups is 1. The maximum Gasteiger partial charge on any atom is 0.309 e. The third-order valence-corrected chi connectivity index (χ3v) is 4.55. The molecule has 0 atom stereocenters. The molecular formula is C18H27NO2. The fourth-order valence-electron chi connectivity index (χ4n) is 2.93. The first-order chi connectivity index (χ1) is 9.89. The van der Waals surface area contributed by atoms with Crippen molar-refractivity contribution in [2.24, 2.45) is 11.3 Å². The minimum Gasteiger partial charge on any atom is -0.481 e. The molecule has 1 aliphatic heterocycles. The summed E-state index contributed by atoms with van der Waals surface area (Å²) in [6, 6.07) is 8.87. The monoisotopic (exact) mass is 289 g/mol. The second-order valence-electron chi connectivity index (χ2n) is 7.06. The van der Waals surface area contributed by atoms with Gasteiger partial charge in [0.1, 0.15) is 0 Å². The molecule has 1 heterocycles. The zero-order chi connectivity index (χ0) is 15.5. The number of benzene rings is 1. The number of piperidine rings is 1. The molecule has 1 aromatic carbocycles. The summed E-state index contributed by atoms with van der Waals surface area (Å²) < 4.78 is 0. The van der Waals surface area contributed by atoms with Crippen LogP contribution in [-0.4, -0.2) is 29.1 Å². The standard InChI is InChI=1S/C18H27NO2/c1-14(2)12-15-4-6-16(7-5-15)13-19-10-8-18(3,9-11-19)17(20)21/h4-7,14H,8-13H2,1-3H3,(H,20,21). The number of hydrogen-bond acceptors (Lipinski definition) is 2. The summed E-state index contributed by atoms with van der Waals surface area (Å²) in [6.45, 7) is 9.01. The van der Waals surface area contributed by atoms with Crippen molar-refractivity contribution in [2.45, 2.75) is 46.6 Å². The Bertz CT molecular complexity index is 470. The van der Waals surface area contributed by atoms with Crippen LogP contribution in [0.2, 0.25) is 0 Å². The van der Waals surface area contributed by atoms with Gasteiger partial charge in [-0.2, -0.15) is 0 Å². The lowest BCUT2D eigenvalue weighted by Crippen LogP contribution is -2.42. The predicted octanol–water partition coefficient (Wildman–Crippen LogP) is 3.57. The SMILES string of the molecule is CC(C)Cc1ccc(CN2CCC(C)(C(=O)O)CC2)cc1. The first-order valence-electron chi connectivity index (χ1n) is 7.92. The van der Waals surface area contributed by atoms with E-state index in [1.54, 1.807) is 0 Å². The smallest absolute Gasteiger partial charge is 0.309 e. The average Bonchev–Trinajstić information content (AvgIpc) is 2.43. The average molecular weight is 289 g/mol. The van der Waals surface area contributed by atoms with E-state index in [2.05, 4.69) is 43.0 Å². The summed E-state index contributed by atoms with van der Waals surface area (Å²) in [5, 5.41) is 9.26. The highest BCUT2D eigenvalue weighted by atomic mass is 16.4. The molecule has 0 aromatic heterocycles. The van der Waals surface area contributed by atoms with Gasteiger partial charge in [-0.15, -0.1) is 0 Å². The molecule has 0 amide bonds. The van der Waals surface area contributed by atoms with Crippen LogP contribution in [-0.2, 0) is 17.8 Å². The lowest BCUT2D eigenvalue weighted by molar-refractivity contribution is -0.150. The Morgan fingerprint density at radius 3 is 2.19 bits per heavy atom. The Labute approximate surface area is 128 Å². The van der Waals surface area contributed by atoms with E-state index >= 15 is 0 Å². The molecule has 3 heteroatoms. The molecule has 0 spiro atoms. The Kier molecular flexibility index (Phi) is 5.04. The van der Waals surface area contributed by atoms with Gasteiger partial charge < -0.3 is 5.11 Å². The number of carboxylic acids is 1. The quantitative estimate of drug-likeness (QED) is 0.901. The molecule has 3 nitrogen and oxygen atoms in total. The van der Waals surface area contributed by atoms with Crippen LogP contribution in [0.25, 0.3) is 0 Å². The van der Waals surface area contributed by atoms with Crippen molar-refractivity contribution in [1.82, 2.24) is 4.90 Å². The van der Waals surface area contributed by atoms with Gasteiger partial charge in [0, 0.05) is 6.54 Å². The van der Waals surface area contributed by atoms with E-state index in [-0.39, 0.29) is 0 Å². The van der Waals surface area contributed by atoms with Crippen molar-refractivity contribution in [3.8, 4) is 0 Å². The van der Waals surface area contributed by atoms with E-state index in [1.807, 2.05) is 6.92 Å². The van der Waals surface area contributed by atoms with Gasteiger partial charge in [-0.05, 0) is 56.3 Å². The van der Waals surface area contributed by atoms with Crippen LogP contribution in [0.15, 0.2) is 24.3 Å². The Balaban J connectivity index is 1.87. The summed E-state index contributed by atoms with van der Waals surface area (Å²) in [5.41, 5.74) is 2.18. The minimum atomic E-state index is -0.653. The Morgan fingerprint density at radius 2 is 1.71 bits per heavy atom. The molecule has 0 unspecified atom stereocenters. The van der Waals surface area contributed by atoms with E-state index in [0.717, 1.165) is 38.9 Å². The van der Waals surface area contributed by atoms with Crippen LogP contribution in [0.4, 0.5) is 0 Å². The van der Waals surface area contributed by atoms with E-state index in [0.29, 0.717) is 5.92 Å². The lowest BCUT2D eigenvalue weighted by atomic mass is 9.80. The Hall–Kier alpha value is -1.35. The molecule has 0 bridgehead atoms. The van der Waals surface area contributed by atoms with Crippen LogP contribution >= 0.6 is 0 Å². The van der Waals surface area contributed by atoms with Gasteiger partial charge in [0.25, 0.3) is 0 Å². The number of rotatable bonds is 5. The van der Waals surface area contributed by atoms with E-state index in [1.165, 1.54) is 11.1 Å². The first kappa shape index (κ1) is 16.0. The van der Waals surface area contributed by atoms with Crippen molar-refractivity contribution in [3.05, 3.63) is 35.4 Å². The lowest BCUT2D eigenvalue weighted by Gasteiger charge is -2.36. The van der Waals surface area contributed by atoms with Crippen LogP contribution in [0.3, 0.4) is 0 Å². The van der Waals surface area contributed by atoms with Crippen LogP contribution in [0.1, 0.15) is 44.7 Å². The fraction of sp³-hybridized carbons (Fsp3) is 0.611. The summed E-state index contributed by atoms with van der Waals surface area (Å²) in [7, 11) is 0. The molecule has 1 aromatic rings. The molecule has 0 aliphatic carbocycles. The highest BCUT2D eigenvalue weighted by Crippen LogP contribution is 2.31. The molecule has 0 saturated carbocycles. The number of hydrogen-bond donors (Lipinski definition) is 1. The van der Waals surface area contributed by atoms with Gasteiger partial charge in [0.2, 0.25) is 0 Å². The summed E-state index contributed by atoms with van der Waals surface area (Å²) >= 11 is 0. The predicted molar refractivity (Wildman–Crippen MR) is 85.2 cm³/mol. The van der Waals surface area contributed by atoms with Crippen LogP contribution < -0.4 is 0 Å². The second-order valence-corrected chi connectivity index (χ2v) is 7.06. The highest BCUT2D eigenvalue weighted by Gasteiger charge is 2.36. The molecule has 1 aliphatic rings. The van der Waals surface area contributed by atoms with Crippen molar-refractivity contribution >= 4 is 5.97 Å². The molecule has 1 saturated heterocycles. The van der Waals surface area contributed by atoms with E-state index in [4.69, 9.17) is 0 Å². The Morgan fingerprint density at radius 1 is 1.19 bits per heavy atom. The van der Waals surface area contributed by atoms with Crippen molar-refractivity contribution in [1.29, 1.82) is 0 Å². The molecular weight excluding hydrogens is 262 g/mol. The molecule has 1 N–H and O–H groups in total. The maximum atomic E-state index is 11.2. The van der Waals surface area contributed by atoms with Crippen molar-refractivity contribution in [2.75, 3.05) is 13.1 Å². The van der Waals surface area contributed by atoms with Gasteiger partial charge >= 0.3 is 5.97 Å². The number of aliphatic carboxylic acids is 1. The fourth-order valence-corrected chi connectivity index (χ4v) is 2.93. The summed E-state index contributed by atoms with van der Waals surface area (Å²) in [6.07, 6.45) is 2.61. The van der Waals surface area contributed by atoms with Crippen LogP contribution in [0, 0.1) is 11.3 Å². The maximum absolute atomic E-state index is 11.2. The largest absolute Gasteiger partial charge is 0.481 e. The third-order valence-electron chi connectivity index (χ3n) is 4.55. The number of likely N-dealkylation sites (tertiary alicyclic amines) is 1.